The molecular weight excluding hydrogens is 464 g/mol. The van der Waals surface area contributed by atoms with Crippen molar-refractivity contribution >= 4 is 51.9 Å². The minimum atomic E-state index is -1.09. The first-order valence-electron chi connectivity index (χ1n) is 10.9. The first kappa shape index (κ1) is 22.4. The lowest BCUT2D eigenvalue weighted by atomic mass is 9.84. The van der Waals surface area contributed by atoms with Crippen molar-refractivity contribution in [3.05, 3.63) is 106 Å². The highest BCUT2D eigenvalue weighted by Gasteiger charge is 2.39. The van der Waals surface area contributed by atoms with Crippen molar-refractivity contribution in [2.45, 2.75) is 12.0 Å². The number of anilines is 1. The summed E-state index contributed by atoms with van der Waals surface area (Å²) < 4.78 is 0.269. The number of rotatable bonds is 5. The highest BCUT2D eigenvalue weighted by atomic mass is 32.2. The second-order valence-corrected chi connectivity index (χ2v) is 10.0. The van der Waals surface area contributed by atoms with Gasteiger partial charge in [0.25, 0.3) is 5.91 Å². The van der Waals surface area contributed by atoms with Crippen molar-refractivity contribution in [1.29, 1.82) is 0 Å². The number of carbonyl (C=O) groups is 2. The number of carbonyl (C=O) groups excluding carboxylic acids is 1. The summed E-state index contributed by atoms with van der Waals surface area (Å²) in [5.41, 5.74) is 5.70. The van der Waals surface area contributed by atoms with Crippen molar-refractivity contribution in [2.75, 3.05) is 18.5 Å². The molecule has 0 saturated carbocycles. The maximum Gasteiger partial charge on any atom is 0.323 e. The summed E-state index contributed by atoms with van der Waals surface area (Å²) in [6.07, 6.45) is 1.80. The summed E-state index contributed by atoms with van der Waals surface area (Å²) in [4.78, 5) is 27.7. The van der Waals surface area contributed by atoms with Crippen LogP contribution in [0.25, 0.3) is 6.08 Å². The van der Waals surface area contributed by atoms with Gasteiger partial charge in [0.05, 0.1) is 10.9 Å². The number of fused-ring (bicyclic) bond motifs is 1. The number of carboxylic acids is 1. The molecule has 7 heteroatoms. The van der Waals surface area contributed by atoms with Crippen LogP contribution in [0.3, 0.4) is 0 Å². The van der Waals surface area contributed by atoms with E-state index in [1.165, 1.54) is 16.7 Å². The van der Waals surface area contributed by atoms with Crippen LogP contribution in [0.1, 0.15) is 34.2 Å². The second-order valence-electron chi connectivity index (χ2n) is 8.33. The number of carboxylic acid groups (broad SMARTS) is 1. The van der Waals surface area contributed by atoms with E-state index in [0.29, 0.717) is 4.91 Å². The molecule has 1 fully saturated rings. The van der Waals surface area contributed by atoms with Crippen LogP contribution >= 0.6 is 24.0 Å². The van der Waals surface area contributed by atoms with Crippen LogP contribution in [-0.4, -0.2) is 39.8 Å². The SMILES string of the molecule is CN1c2ccc(/C=C3\SC(=S)N(CC(=O)O)C3=O)cc2C(c2ccccc2)C1c1ccccc1. The number of amides is 1. The molecule has 0 bridgehead atoms. The minimum Gasteiger partial charge on any atom is -0.480 e. The fourth-order valence-corrected chi connectivity index (χ4v) is 6.04. The average molecular weight is 487 g/mol. The van der Waals surface area contributed by atoms with Gasteiger partial charge in [-0.1, -0.05) is 90.7 Å². The molecule has 2 aliphatic heterocycles. The molecule has 34 heavy (non-hydrogen) atoms. The lowest BCUT2D eigenvalue weighted by Gasteiger charge is -2.28. The van der Waals surface area contributed by atoms with Crippen molar-refractivity contribution in [2.24, 2.45) is 0 Å². The van der Waals surface area contributed by atoms with Gasteiger partial charge >= 0.3 is 5.97 Å². The molecule has 2 unspecified atom stereocenters. The molecule has 0 radical (unpaired) electrons. The lowest BCUT2D eigenvalue weighted by molar-refractivity contribution is -0.140. The highest BCUT2D eigenvalue weighted by molar-refractivity contribution is 8.26. The molecule has 2 aliphatic rings. The van der Waals surface area contributed by atoms with Gasteiger partial charge in [0.1, 0.15) is 10.9 Å². The van der Waals surface area contributed by atoms with E-state index < -0.39 is 12.5 Å². The van der Waals surface area contributed by atoms with Crippen molar-refractivity contribution in [3.63, 3.8) is 0 Å². The predicted molar refractivity (Wildman–Crippen MR) is 140 cm³/mol. The smallest absolute Gasteiger partial charge is 0.323 e. The fraction of sp³-hybridized carbons (Fsp3) is 0.148. The Hall–Kier alpha value is -3.42. The van der Waals surface area contributed by atoms with E-state index in [1.807, 2.05) is 18.2 Å². The molecule has 1 amide bonds. The highest BCUT2D eigenvalue weighted by Crippen LogP contribution is 2.51. The van der Waals surface area contributed by atoms with E-state index in [4.69, 9.17) is 17.3 Å². The first-order valence-corrected chi connectivity index (χ1v) is 12.1. The van der Waals surface area contributed by atoms with Gasteiger partial charge in [-0.15, -0.1) is 0 Å². The monoisotopic (exact) mass is 486 g/mol. The van der Waals surface area contributed by atoms with Crippen molar-refractivity contribution in [1.82, 2.24) is 4.90 Å². The molecule has 0 spiro atoms. The summed E-state index contributed by atoms with van der Waals surface area (Å²) in [6.45, 7) is -0.425. The molecular formula is C27H22N2O3S2. The molecule has 2 heterocycles. The first-order chi connectivity index (χ1) is 16.4. The second kappa shape index (κ2) is 9.08. The van der Waals surface area contributed by atoms with E-state index in [-0.39, 0.29) is 22.2 Å². The molecule has 5 rings (SSSR count). The Balaban J connectivity index is 1.56. The number of likely N-dealkylation sites (N-methyl/N-ethyl adjacent to an activating group) is 1. The molecule has 1 N–H and O–H groups in total. The number of thioether (sulfide) groups is 1. The molecule has 5 nitrogen and oxygen atoms in total. The number of thiocarbonyl (C=S) groups is 1. The summed E-state index contributed by atoms with van der Waals surface area (Å²) >= 11 is 6.38. The third kappa shape index (κ3) is 4.02. The number of aliphatic carboxylic acids is 1. The van der Waals surface area contributed by atoms with Crippen LogP contribution in [0.15, 0.2) is 83.8 Å². The Morgan fingerprint density at radius 2 is 1.68 bits per heavy atom. The molecule has 3 aromatic carbocycles. The zero-order valence-corrected chi connectivity index (χ0v) is 20.1. The van der Waals surface area contributed by atoms with Gasteiger partial charge < -0.3 is 10.0 Å². The Labute approximate surface area is 207 Å². The molecule has 3 aromatic rings. The quantitative estimate of drug-likeness (QED) is 0.390. The van der Waals surface area contributed by atoms with Crippen LogP contribution in [-0.2, 0) is 9.59 Å². The molecule has 2 atom stereocenters. The van der Waals surface area contributed by atoms with Gasteiger partial charge in [-0.2, -0.15) is 0 Å². The third-order valence-electron chi connectivity index (χ3n) is 6.26. The number of hydrogen-bond acceptors (Lipinski definition) is 5. The number of benzene rings is 3. The third-order valence-corrected chi connectivity index (χ3v) is 7.64. The van der Waals surface area contributed by atoms with E-state index in [2.05, 4.69) is 72.6 Å². The van der Waals surface area contributed by atoms with E-state index in [1.54, 1.807) is 6.08 Å². The topological polar surface area (TPSA) is 60.9 Å². The maximum absolute atomic E-state index is 12.7. The van der Waals surface area contributed by atoms with Crippen LogP contribution in [0.2, 0.25) is 0 Å². The molecule has 170 valence electrons. The number of hydrogen-bond donors (Lipinski definition) is 1. The fourth-order valence-electron chi connectivity index (χ4n) is 4.79. The van der Waals surface area contributed by atoms with Gasteiger partial charge in [0, 0.05) is 18.7 Å². The van der Waals surface area contributed by atoms with Crippen LogP contribution in [0.4, 0.5) is 5.69 Å². The van der Waals surface area contributed by atoms with Gasteiger partial charge in [-0.25, -0.2) is 0 Å². The summed E-state index contributed by atoms with van der Waals surface area (Å²) in [5.74, 6) is -1.33. The summed E-state index contributed by atoms with van der Waals surface area (Å²) in [6, 6.07) is 27.3. The average Bonchev–Trinajstić information content (AvgIpc) is 3.27. The molecule has 0 aromatic heterocycles. The van der Waals surface area contributed by atoms with Crippen LogP contribution in [0.5, 0.6) is 0 Å². The van der Waals surface area contributed by atoms with Crippen molar-refractivity contribution < 1.29 is 14.7 Å². The van der Waals surface area contributed by atoms with Crippen LogP contribution in [0, 0.1) is 0 Å². The molecule has 0 aliphatic carbocycles. The predicted octanol–water partition coefficient (Wildman–Crippen LogP) is 5.30. The van der Waals surface area contributed by atoms with Gasteiger partial charge in [0.15, 0.2) is 0 Å². The van der Waals surface area contributed by atoms with Gasteiger partial charge in [0.2, 0.25) is 0 Å². The maximum atomic E-state index is 12.7. The van der Waals surface area contributed by atoms with Crippen LogP contribution < -0.4 is 4.90 Å². The number of nitrogens with zero attached hydrogens (tertiary/aromatic N) is 2. The largest absolute Gasteiger partial charge is 0.480 e. The van der Waals surface area contributed by atoms with E-state index >= 15 is 0 Å². The normalized spacial score (nSPS) is 20.8. The van der Waals surface area contributed by atoms with E-state index in [0.717, 1.165) is 27.9 Å². The van der Waals surface area contributed by atoms with E-state index in [9.17, 15) is 9.59 Å². The van der Waals surface area contributed by atoms with Crippen molar-refractivity contribution in [3.8, 4) is 0 Å². The Morgan fingerprint density at radius 1 is 1.03 bits per heavy atom. The molecule has 1 saturated heterocycles. The standard InChI is InChI=1S/C27H22N2O3S2/c1-28-21-13-12-17(15-22-26(32)29(16-23(30)31)27(33)34-22)14-20(21)24(18-8-4-2-5-9-18)25(28)19-10-6-3-7-11-19/h2-15,24-25H,16H2,1H3,(H,30,31)/b22-15-. The Kier molecular flexibility index (Phi) is 5.98. The lowest BCUT2D eigenvalue weighted by Crippen LogP contribution is -2.33. The summed E-state index contributed by atoms with van der Waals surface area (Å²) in [7, 11) is 2.12. The Bertz CT molecular complexity index is 1310. The van der Waals surface area contributed by atoms with Gasteiger partial charge in [-0.3, -0.25) is 14.5 Å². The summed E-state index contributed by atoms with van der Waals surface area (Å²) in [5, 5.41) is 9.09. The Morgan fingerprint density at radius 3 is 2.32 bits per heavy atom. The zero-order chi connectivity index (χ0) is 23.8. The van der Waals surface area contributed by atoms with Gasteiger partial charge in [-0.05, 0) is 40.5 Å². The minimum absolute atomic E-state index is 0.124. The zero-order valence-electron chi connectivity index (χ0n) is 18.4.